The van der Waals surface area contributed by atoms with Crippen LogP contribution in [0.25, 0.3) is 22.8 Å². The average Bonchev–Trinajstić information content (AvgIpc) is 3.12. The van der Waals surface area contributed by atoms with Crippen LogP contribution in [0.3, 0.4) is 0 Å². The zero-order valence-electron chi connectivity index (χ0n) is 14.8. The molecule has 0 saturated carbocycles. The normalized spacial score (nSPS) is 12.0. The molecule has 0 aliphatic heterocycles. The Morgan fingerprint density at radius 1 is 1.19 bits per heavy atom. The summed E-state index contributed by atoms with van der Waals surface area (Å²) in [7, 11) is 0. The number of rotatable bonds is 6. The van der Waals surface area contributed by atoms with E-state index in [0.717, 1.165) is 22.9 Å². The van der Waals surface area contributed by atoms with E-state index >= 15 is 0 Å². The van der Waals surface area contributed by atoms with Crippen molar-refractivity contribution >= 4 is 21.8 Å². The highest BCUT2D eigenvalue weighted by molar-refractivity contribution is 9.10. The molecule has 3 aromatic rings. The summed E-state index contributed by atoms with van der Waals surface area (Å²) in [5.74, 6) is 1.00. The summed E-state index contributed by atoms with van der Waals surface area (Å²) in [6.07, 6.45) is 3.66. The van der Waals surface area contributed by atoms with Gasteiger partial charge in [-0.3, -0.25) is 4.79 Å². The van der Waals surface area contributed by atoms with E-state index in [-0.39, 0.29) is 11.9 Å². The number of nitrogens with zero attached hydrogens (tertiary/aromatic N) is 1. The maximum absolute atomic E-state index is 12.7. The second kappa shape index (κ2) is 8.32. The summed E-state index contributed by atoms with van der Waals surface area (Å²) in [5.41, 5.74) is 2.20. The minimum Gasteiger partial charge on any atom is -0.436 e. The van der Waals surface area contributed by atoms with Gasteiger partial charge in [-0.05, 0) is 37.6 Å². The number of hydrogen-bond acceptors (Lipinski definition) is 3. The SMILES string of the molecule is CCCC(C)NC(=O)c1ccccc1-c1ncc(-c2ccc(Br)cc2)o1. The Kier molecular flexibility index (Phi) is 5.89. The first-order valence-electron chi connectivity index (χ1n) is 8.70. The zero-order valence-corrected chi connectivity index (χ0v) is 16.4. The van der Waals surface area contributed by atoms with Gasteiger partial charge in [0.2, 0.25) is 5.89 Å². The largest absolute Gasteiger partial charge is 0.436 e. The van der Waals surface area contributed by atoms with E-state index in [4.69, 9.17) is 4.42 Å². The molecule has 1 heterocycles. The number of halogens is 1. The standard InChI is InChI=1S/C21H21BrN2O2/c1-3-6-14(2)24-20(25)17-7-4-5-8-18(17)21-23-13-19(26-21)15-9-11-16(22)12-10-15/h4-5,7-14H,3,6H2,1-2H3,(H,24,25). The Hall–Kier alpha value is -2.40. The second-order valence-electron chi connectivity index (χ2n) is 6.25. The first kappa shape index (κ1) is 18.4. The number of nitrogens with one attached hydrogen (secondary N) is 1. The molecule has 134 valence electrons. The number of carbonyl (C=O) groups is 1. The van der Waals surface area contributed by atoms with Gasteiger partial charge in [0.1, 0.15) is 0 Å². The maximum atomic E-state index is 12.7. The van der Waals surface area contributed by atoms with Crippen LogP contribution in [0.1, 0.15) is 37.0 Å². The molecule has 4 nitrogen and oxygen atoms in total. The van der Waals surface area contributed by atoms with Crippen molar-refractivity contribution in [2.75, 3.05) is 0 Å². The van der Waals surface area contributed by atoms with Crippen LogP contribution >= 0.6 is 15.9 Å². The summed E-state index contributed by atoms with van der Waals surface area (Å²) in [5, 5.41) is 3.04. The average molecular weight is 413 g/mol. The summed E-state index contributed by atoms with van der Waals surface area (Å²) < 4.78 is 6.94. The monoisotopic (exact) mass is 412 g/mol. The number of carbonyl (C=O) groups excluding carboxylic acids is 1. The molecule has 1 aromatic heterocycles. The molecule has 0 bridgehead atoms. The van der Waals surface area contributed by atoms with Gasteiger partial charge < -0.3 is 9.73 Å². The van der Waals surface area contributed by atoms with Crippen LogP contribution in [0.15, 0.2) is 63.6 Å². The third kappa shape index (κ3) is 4.22. The first-order chi connectivity index (χ1) is 12.6. The van der Waals surface area contributed by atoms with Crippen molar-refractivity contribution < 1.29 is 9.21 Å². The molecule has 0 spiro atoms. The summed E-state index contributed by atoms with van der Waals surface area (Å²) in [6.45, 7) is 4.12. The van der Waals surface area contributed by atoms with E-state index in [1.165, 1.54) is 0 Å². The molecule has 1 atom stereocenters. The van der Waals surface area contributed by atoms with E-state index < -0.39 is 0 Å². The number of benzene rings is 2. The van der Waals surface area contributed by atoms with Crippen LogP contribution in [0.2, 0.25) is 0 Å². The minimum absolute atomic E-state index is 0.107. The van der Waals surface area contributed by atoms with Gasteiger partial charge in [0.25, 0.3) is 5.91 Å². The number of hydrogen-bond donors (Lipinski definition) is 1. The molecule has 1 N–H and O–H groups in total. The molecule has 0 aliphatic carbocycles. The van der Waals surface area contributed by atoms with E-state index in [0.29, 0.717) is 22.8 Å². The number of oxazole rings is 1. The van der Waals surface area contributed by atoms with Crippen LogP contribution in [-0.2, 0) is 0 Å². The van der Waals surface area contributed by atoms with Crippen molar-refractivity contribution in [3.63, 3.8) is 0 Å². The predicted molar refractivity (Wildman–Crippen MR) is 107 cm³/mol. The van der Waals surface area contributed by atoms with Crippen LogP contribution in [0.4, 0.5) is 0 Å². The Bertz CT molecular complexity index is 887. The molecular weight excluding hydrogens is 392 g/mol. The third-order valence-corrected chi connectivity index (χ3v) is 4.66. The smallest absolute Gasteiger partial charge is 0.252 e. The fourth-order valence-electron chi connectivity index (χ4n) is 2.82. The van der Waals surface area contributed by atoms with Crippen molar-refractivity contribution in [1.82, 2.24) is 10.3 Å². The lowest BCUT2D eigenvalue weighted by molar-refractivity contribution is 0.0938. The lowest BCUT2D eigenvalue weighted by Crippen LogP contribution is -2.32. The summed E-state index contributed by atoms with van der Waals surface area (Å²) >= 11 is 3.43. The molecule has 0 fully saturated rings. The van der Waals surface area contributed by atoms with E-state index in [1.807, 2.05) is 49.4 Å². The maximum Gasteiger partial charge on any atom is 0.252 e. The van der Waals surface area contributed by atoms with Crippen LogP contribution in [0.5, 0.6) is 0 Å². The molecule has 1 amide bonds. The Labute approximate surface area is 161 Å². The van der Waals surface area contributed by atoms with Gasteiger partial charge in [0, 0.05) is 21.6 Å². The van der Waals surface area contributed by atoms with Crippen molar-refractivity contribution in [3.05, 3.63) is 64.8 Å². The first-order valence-corrected chi connectivity index (χ1v) is 9.49. The van der Waals surface area contributed by atoms with Gasteiger partial charge in [-0.25, -0.2) is 4.98 Å². The van der Waals surface area contributed by atoms with E-state index in [9.17, 15) is 4.79 Å². The molecule has 3 rings (SSSR count). The predicted octanol–water partition coefficient (Wildman–Crippen LogP) is 5.69. The molecule has 5 heteroatoms. The molecule has 0 saturated heterocycles. The quantitative estimate of drug-likeness (QED) is 0.565. The van der Waals surface area contributed by atoms with Crippen LogP contribution < -0.4 is 5.32 Å². The molecule has 2 aromatic carbocycles. The fraction of sp³-hybridized carbons (Fsp3) is 0.238. The highest BCUT2D eigenvalue weighted by Gasteiger charge is 2.18. The van der Waals surface area contributed by atoms with Crippen molar-refractivity contribution in [3.8, 4) is 22.8 Å². The Balaban J connectivity index is 1.88. The summed E-state index contributed by atoms with van der Waals surface area (Å²) in [6, 6.07) is 15.3. The van der Waals surface area contributed by atoms with Crippen LogP contribution in [-0.4, -0.2) is 16.9 Å². The number of aromatic nitrogens is 1. The molecule has 1 unspecified atom stereocenters. The highest BCUT2D eigenvalue weighted by atomic mass is 79.9. The second-order valence-corrected chi connectivity index (χ2v) is 7.16. The van der Waals surface area contributed by atoms with Gasteiger partial charge in [-0.2, -0.15) is 0 Å². The fourth-order valence-corrected chi connectivity index (χ4v) is 3.08. The Morgan fingerprint density at radius 3 is 2.65 bits per heavy atom. The van der Waals surface area contributed by atoms with E-state index in [2.05, 4.69) is 33.2 Å². The summed E-state index contributed by atoms with van der Waals surface area (Å²) in [4.78, 5) is 17.0. The van der Waals surface area contributed by atoms with Gasteiger partial charge in [-0.1, -0.05) is 53.5 Å². The van der Waals surface area contributed by atoms with Crippen molar-refractivity contribution in [2.24, 2.45) is 0 Å². The molecule has 26 heavy (non-hydrogen) atoms. The van der Waals surface area contributed by atoms with Gasteiger partial charge in [0.05, 0.1) is 11.8 Å². The van der Waals surface area contributed by atoms with Crippen molar-refractivity contribution in [2.45, 2.75) is 32.7 Å². The third-order valence-electron chi connectivity index (χ3n) is 4.14. The lowest BCUT2D eigenvalue weighted by atomic mass is 10.1. The van der Waals surface area contributed by atoms with Crippen molar-refractivity contribution in [1.29, 1.82) is 0 Å². The Morgan fingerprint density at radius 2 is 1.92 bits per heavy atom. The minimum atomic E-state index is -0.107. The van der Waals surface area contributed by atoms with E-state index in [1.54, 1.807) is 12.3 Å². The van der Waals surface area contributed by atoms with Gasteiger partial charge in [-0.15, -0.1) is 0 Å². The lowest BCUT2D eigenvalue weighted by Gasteiger charge is -2.14. The highest BCUT2D eigenvalue weighted by Crippen LogP contribution is 2.29. The number of amides is 1. The topological polar surface area (TPSA) is 55.1 Å². The van der Waals surface area contributed by atoms with Crippen LogP contribution in [0, 0.1) is 0 Å². The van der Waals surface area contributed by atoms with Gasteiger partial charge >= 0.3 is 0 Å². The molecule has 0 radical (unpaired) electrons. The zero-order chi connectivity index (χ0) is 18.5. The molecular formula is C21H21BrN2O2. The van der Waals surface area contributed by atoms with Gasteiger partial charge in [0.15, 0.2) is 5.76 Å². The molecule has 0 aliphatic rings.